The summed E-state index contributed by atoms with van der Waals surface area (Å²) < 4.78 is 31.2. The minimum Gasteiger partial charge on any atom is -0.395 e. The van der Waals surface area contributed by atoms with E-state index in [9.17, 15) is 4.57 Å². The van der Waals surface area contributed by atoms with Crippen molar-refractivity contribution in [2.24, 2.45) is 5.11 Å². The van der Waals surface area contributed by atoms with Crippen LogP contribution in [-0.2, 0) is 22.1 Å². The molecule has 0 aliphatic rings. The zero-order valence-corrected chi connectivity index (χ0v) is 20.8. The van der Waals surface area contributed by atoms with E-state index in [4.69, 9.17) is 19.1 Å². The molecule has 0 saturated heterocycles. The maximum atomic E-state index is 13.6. The van der Waals surface area contributed by atoms with Crippen LogP contribution in [0.3, 0.4) is 0 Å². The number of phosphoric acid groups is 1. The van der Waals surface area contributed by atoms with Crippen molar-refractivity contribution in [1.29, 1.82) is 0 Å². The monoisotopic (exact) mass is 554 g/mol. The molecule has 12 heteroatoms. The second-order valence-corrected chi connectivity index (χ2v) is 9.41. The topological polar surface area (TPSA) is 135 Å². The molecule has 0 spiro atoms. The number of rotatable bonds is 11. The molecule has 0 bridgehead atoms. The Kier molecular flexibility index (Phi) is 8.18. The van der Waals surface area contributed by atoms with Gasteiger partial charge in [0.2, 0.25) is 0 Å². The molecular formula is C23H20BrN6O4P. The number of H-pyrrole nitrogens is 1. The average molecular weight is 555 g/mol. The third-order valence-corrected chi connectivity index (χ3v) is 6.51. The standard InChI is InChI=1S/C23H20BrN6O4P/c24-22-15-20(23-26-12-13-27-23)19(21(29-22)16-28-30-25)11-14-32-35(31,33-17-7-3-1-4-8-17)34-18-9-5-2-6-10-18/h1-10,12-13,15H,11,14,16H2,(H,26,27). The van der Waals surface area contributed by atoms with Crippen LogP contribution in [0.15, 0.2) is 88.8 Å². The Hall–Kier alpha value is -3.62. The highest BCUT2D eigenvalue weighted by Crippen LogP contribution is 2.49. The first-order valence-electron chi connectivity index (χ1n) is 10.5. The van der Waals surface area contributed by atoms with Crippen molar-refractivity contribution in [3.8, 4) is 22.9 Å². The quantitative estimate of drug-likeness (QED) is 0.0706. The van der Waals surface area contributed by atoms with Crippen molar-refractivity contribution in [1.82, 2.24) is 15.0 Å². The molecule has 2 aromatic carbocycles. The Morgan fingerprint density at radius 3 is 2.29 bits per heavy atom. The molecule has 0 aliphatic heterocycles. The van der Waals surface area contributed by atoms with Crippen molar-refractivity contribution in [3.05, 3.63) is 105 Å². The van der Waals surface area contributed by atoms with Crippen molar-refractivity contribution >= 4 is 23.8 Å². The first-order chi connectivity index (χ1) is 17.1. The van der Waals surface area contributed by atoms with Gasteiger partial charge in [-0.05, 0) is 63.8 Å². The van der Waals surface area contributed by atoms with Gasteiger partial charge in [0.1, 0.15) is 21.9 Å². The SMILES string of the molecule is [N-]=[N+]=NCc1nc(Br)cc(-c2ncc[nH]2)c1CCOP(=O)(Oc1ccccc1)Oc1ccccc1. The van der Waals surface area contributed by atoms with Crippen LogP contribution in [0.1, 0.15) is 11.3 Å². The Labute approximate surface area is 209 Å². The third-order valence-electron chi connectivity index (χ3n) is 4.74. The lowest BCUT2D eigenvalue weighted by molar-refractivity contribution is 0.211. The lowest BCUT2D eigenvalue weighted by atomic mass is 10.0. The molecule has 0 saturated carbocycles. The van der Waals surface area contributed by atoms with Crippen LogP contribution < -0.4 is 9.05 Å². The summed E-state index contributed by atoms with van der Waals surface area (Å²) in [5.74, 6) is 1.30. The maximum absolute atomic E-state index is 13.6. The molecule has 35 heavy (non-hydrogen) atoms. The number of benzene rings is 2. The number of aromatic amines is 1. The molecule has 10 nitrogen and oxygen atoms in total. The summed E-state index contributed by atoms with van der Waals surface area (Å²) in [7, 11) is -4.06. The second-order valence-electron chi connectivity index (χ2n) is 7.08. The summed E-state index contributed by atoms with van der Waals surface area (Å²) in [6, 6.07) is 19.1. The van der Waals surface area contributed by atoms with E-state index in [1.807, 2.05) is 12.1 Å². The number of nitrogens with one attached hydrogen (secondary N) is 1. The number of nitrogens with zero attached hydrogens (tertiary/aromatic N) is 5. The fourth-order valence-corrected chi connectivity index (χ4v) is 4.93. The lowest BCUT2D eigenvalue weighted by Crippen LogP contribution is -2.10. The van der Waals surface area contributed by atoms with Crippen LogP contribution in [0.4, 0.5) is 0 Å². The molecule has 0 atom stereocenters. The Morgan fingerprint density at radius 2 is 1.71 bits per heavy atom. The third kappa shape index (κ3) is 6.71. The van der Waals surface area contributed by atoms with Crippen LogP contribution in [0.2, 0.25) is 0 Å². The van der Waals surface area contributed by atoms with E-state index in [2.05, 4.69) is 40.9 Å². The zero-order chi connectivity index (χ0) is 24.5. The first kappa shape index (κ1) is 24.5. The molecule has 0 fully saturated rings. The largest absolute Gasteiger partial charge is 0.587 e. The molecule has 4 aromatic rings. The molecule has 2 aromatic heterocycles. The number of pyridine rings is 1. The highest BCUT2D eigenvalue weighted by atomic mass is 79.9. The van der Waals surface area contributed by atoms with Gasteiger partial charge < -0.3 is 14.0 Å². The van der Waals surface area contributed by atoms with Gasteiger partial charge in [0.15, 0.2) is 0 Å². The summed E-state index contributed by atoms with van der Waals surface area (Å²) in [5, 5.41) is 3.66. The second kappa shape index (κ2) is 11.7. The molecule has 178 valence electrons. The van der Waals surface area contributed by atoms with Gasteiger partial charge >= 0.3 is 7.82 Å². The average Bonchev–Trinajstić information content (AvgIpc) is 3.39. The van der Waals surface area contributed by atoms with E-state index >= 15 is 0 Å². The lowest BCUT2D eigenvalue weighted by Gasteiger charge is -2.20. The van der Waals surface area contributed by atoms with Crippen LogP contribution in [0, 0.1) is 0 Å². The highest BCUT2D eigenvalue weighted by molar-refractivity contribution is 9.10. The molecule has 0 unspecified atom stereocenters. The molecule has 4 rings (SSSR count). The number of azide groups is 1. The summed E-state index contributed by atoms with van der Waals surface area (Å²) in [6.07, 6.45) is 3.60. The van der Waals surface area contributed by atoms with Crippen molar-refractivity contribution in [2.45, 2.75) is 13.0 Å². The van der Waals surface area contributed by atoms with Gasteiger partial charge in [0, 0.05) is 22.9 Å². The fraction of sp³-hybridized carbons (Fsp3) is 0.130. The van der Waals surface area contributed by atoms with E-state index in [1.54, 1.807) is 67.0 Å². The Balaban J connectivity index is 1.60. The van der Waals surface area contributed by atoms with E-state index < -0.39 is 7.82 Å². The molecule has 0 amide bonds. The van der Waals surface area contributed by atoms with E-state index in [0.29, 0.717) is 27.6 Å². The Bertz CT molecular complexity index is 1300. The van der Waals surface area contributed by atoms with Gasteiger partial charge in [-0.15, -0.1) is 0 Å². The van der Waals surface area contributed by atoms with Gasteiger partial charge in [-0.1, -0.05) is 41.5 Å². The predicted molar refractivity (Wildman–Crippen MR) is 134 cm³/mol. The van der Waals surface area contributed by atoms with E-state index in [1.165, 1.54) is 0 Å². The number of aromatic nitrogens is 3. The van der Waals surface area contributed by atoms with Gasteiger partial charge in [-0.3, -0.25) is 4.52 Å². The molecule has 2 heterocycles. The summed E-state index contributed by atoms with van der Waals surface area (Å²) in [4.78, 5) is 14.7. The van der Waals surface area contributed by atoms with Gasteiger partial charge in [-0.25, -0.2) is 14.5 Å². The first-order valence-corrected chi connectivity index (χ1v) is 12.7. The zero-order valence-electron chi connectivity index (χ0n) is 18.3. The van der Waals surface area contributed by atoms with Gasteiger partial charge in [-0.2, -0.15) is 0 Å². The number of hydrogen-bond donors (Lipinski definition) is 1. The predicted octanol–water partition coefficient (Wildman–Crippen LogP) is 6.87. The van der Waals surface area contributed by atoms with Crippen molar-refractivity contribution in [3.63, 3.8) is 0 Å². The molecule has 0 radical (unpaired) electrons. The fourth-order valence-electron chi connectivity index (χ4n) is 3.27. The van der Waals surface area contributed by atoms with Crippen LogP contribution >= 0.6 is 23.8 Å². The van der Waals surface area contributed by atoms with Gasteiger partial charge in [0.25, 0.3) is 0 Å². The highest BCUT2D eigenvalue weighted by Gasteiger charge is 2.31. The van der Waals surface area contributed by atoms with E-state index in [0.717, 1.165) is 11.1 Å². The van der Waals surface area contributed by atoms with Crippen LogP contribution in [0.25, 0.3) is 21.8 Å². The molecular weight excluding hydrogens is 535 g/mol. The molecule has 1 N–H and O–H groups in total. The van der Waals surface area contributed by atoms with Crippen LogP contribution in [0.5, 0.6) is 11.5 Å². The minimum atomic E-state index is -4.06. The van der Waals surface area contributed by atoms with E-state index in [-0.39, 0.29) is 19.6 Å². The number of hydrogen-bond acceptors (Lipinski definition) is 7. The smallest absolute Gasteiger partial charge is 0.395 e. The number of halogens is 1. The van der Waals surface area contributed by atoms with Gasteiger partial charge in [0.05, 0.1) is 18.8 Å². The Morgan fingerprint density at radius 1 is 1.06 bits per heavy atom. The molecule has 0 aliphatic carbocycles. The summed E-state index contributed by atoms with van der Waals surface area (Å²) >= 11 is 3.40. The number of imidazole rings is 1. The normalized spacial score (nSPS) is 11.0. The number of para-hydroxylation sites is 2. The van der Waals surface area contributed by atoms with Crippen LogP contribution in [-0.4, -0.2) is 21.6 Å². The van der Waals surface area contributed by atoms with Crippen molar-refractivity contribution < 1.29 is 18.1 Å². The number of phosphoric ester groups is 1. The minimum absolute atomic E-state index is 0.0255. The summed E-state index contributed by atoms with van der Waals surface area (Å²) in [6.45, 7) is -0.00505. The maximum Gasteiger partial charge on any atom is 0.587 e. The summed E-state index contributed by atoms with van der Waals surface area (Å²) in [5.41, 5.74) is 10.8. The van der Waals surface area contributed by atoms with Crippen molar-refractivity contribution in [2.75, 3.05) is 6.61 Å².